The molecule has 1 fully saturated rings. The number of hydrogen-bond donors (Lipinski definition) is 2. The third-order valence-corrected chi connectivity index (χ3v) is 2.56. The highest BCUT2D eigenvalue weighted by molar-refractivity contribution is 5.75. The monoisotopic (exact) mass is 215 g/mol. The lowest BCUT2D eigenvalue weighted by Gasteiger charge is -2.22. The number of amides is 1. The van der Waals surface area contributed by atoms with Crippen molar-refractivity contribution in [1.82, 2.24) is 5.32 Å². The zero-order chi connectivity index (χ0) is 11.1. The van der Waals surface area contributed by atoms with Gasteiger partial charge in [-0.25, -0.2) is 0 Å². The highest BCUT2D eigenvalue weighted by Crippen LogP contribution is 2.16. The van der Waals surface area contributed by atoms with Crippen molar-refractivity contribution < 1.29 is 14.6 Å². The number of nitrogens with one attached hydrogen (secondary N) is 1. The van der Waals surface area contributed by atoms with E-state index in [-0.39, 0.29) is 12.0 Å². The first-order valence-corrected chi connectivity index (χ1v) is 5.75. The first kappa shape index (κ1) is 12.5. The van der Waals surface area contributed by atoms with Gasteiger partial charge in [0.2, 0.25) is 5.91 Å². The van der Waals surface area contributed by atoms with Gasteiger partial charge in [-0.3, -0.25) is 4.79 Å². The van der Waals surface area contributed by atoms with Crippen molar-refractivity contribution in [3.8, 4) is 0 Å². The van der Waals surface area contributed by atoms with Crippen molar-refractivity contribution in [3.05, 3.63) is 0 Å². The van der Waals surface area contributed by atoms with Crippen LogP contribution in [0.25, 0.3) is 0 Å². The van der Waals surface area contributed by atoms with E-state index in [4.69, 9.17) is 9.84 Å². The summed E-state index contributed by atoms with van der Waals surface area (Å²) in [5.74, 6) is 0.00470. The fraction of sp³-hybridized carbons (Fsp3) is 0.909. The molecule has 15 heavy (non-hydrogen) atoms. The van der Waals surface area contributed by atoms with Crippen molar-refractivity contribution in [2.24, 2.45) is 0 Å². The standard InChI is InChI=1S/C11H21NO3/c1-9(13)8-12-11(14)6-5-10-4-2-3-7-15-10/h9-10,13H,2-8H2,1H3,(H,12,14). The number of aliphatic hydroxyl groups is 1. The molecule has 0 aromatic carbocycles. The molecule has 4 heteroatoms. The highest BCUT2D eigenvalue weighted by Gasteiger charge is 2.15. The van der Waals surface area contributed by atoms with Crippen LogP contribution in [0.3, 0.4) is 0 Å². The van der Waals surface area contributed by atoms with Crippen LogP contribution in [0.5, 0.6) is 0 Å². The number of carbonyl (C=O) groups is 1. The van der Waals surface area contributed by atoms with Gasteiger partial charge in [-0.05, 0) is 32.6 Å². The molecule has 2 unspecified atom stereocenters. The van der Waals surface area contributed by atoms with Crippen molar-refractivity contribution in [2.45, 2.75) is 51.2 Å². The fourth-order valence-corrected chi connectivity index (χ4v) is 1.68. The third-order valence-electron chi connectivity index (χ3n) is 2.56. The molecule has 1 amide bonds. The number of aliphatic hydroxyl groups excluding tert-OH is 1. The van der Waals surface area contributed by atoms with Gasteiger partial charge in [0.1, 0.15) is 0 Å². The zero-order valence-electron chi connectivity index (χ0n) is 9.37. The molecule has 0 bridgehead atoms. The maximum atomic E-state index is 11.3. The lowest BCUT2D eigenvalue weighted by Crippen LogP contribution is -2.31. The van der Waals surface area contributed by atoms with E-state index in [1.54, 1.807) is 6.92 Å². The second-order valence-corrected chi connectivity index (χ2v) is 4.18. The smallest absolute Gasteiger partial charge is 0.220 e. The molecule has 0 aromatic heterocycles. The molecular weight excluding hydrogens is 194 g/mol. The summed E-state index contributed by atoms with van der Waals surface area (Å²) in [6, 6.07) is 0. The zero-order valence-corrected chi connectivity index (χ0v) is 9.37. The predicted octanol–water partition coefficient (Wildman–Crippen LogP) is 0.833. The Balaban J connectivity index is 2.05. The van der Waals surface area contributed by atoms with Crippen molar-refractivity contribution in [3.63, 3.8) is 0 Å². The van der Waals surface area contributed by atoms with Gasteiger partial charge in [0.05, 0.1) is 12.2 Å². The van der Waals surface area contributed by atoms with Crippen LogP contribution in [0.2, 0.25) is 0 Å². The summed E-state index contributed by atoms with van der Waals surface area (Å²) in [7, 11) is 0. The Hall–Kier alpha value is -0.610. The van der Waals surface area contributed by atoms with Crippen LogP contribution in [0.4, 0.5) is 0 Å². The molecule has 2 N–H and O–H groups in total. The Morgan fingerprint density at radius 3 is 3.00 bits per heavy atom. The molecule has 4 nitrogen and oxygen atoms in total. The summed E-state index contributed by atoms with van der Waals surface area (Å²) in [4.78, 5) is 11.3. The summed E-state index contributed by atoms with van der Waals surface area (Å²) in [5, 5.41) is 11.7. The Labute approximate surface area is 91.0 Å². The summed E-state index contributed by atoms with van der Waals surface area (Å²) >= 11 is 0. The van der Waals surface area contributed by atoms with Gasteiger partial charge >= 0.3 is 0 Å². The van der Waals surface area contributed by atoms with Gasteiger partial charge in [0, 0.05) is 19.6 Å². The Bertz CT molecular complexity index is 188. The molecule has 0 spiro atoms. The molecule has 0 aromatic rings. The Morgan fingerprint density at radius 2 is 2.40 bits per heavy atom. The van der Waals surface area contributed by atoms with Gasteiger partial charge < -0.3 is 15.2 Å². The van der Waals surface area contributed by atoms with Gasteiger partial charge in [0.15, 0.2) is 0 Å². The van der Waals surface area contributed by atoms with E-state index in [1.165, 1.54) is 6.42 Å². The first-order valence-electron chi connectivity index (χ1n) is 5.75. The fourth-order valence-electron chi connectivity index (χ4n) is 1.68. The molecule has 0 saturated carbocycles. The van der Waals surface area contributed by atoms with Crippen molar-refractivity contribution in [1.29, 1.82) is 0 Å². The van der Waals surface area contributed by atoms with E-state index in [0.29, 0.717) is 13.0 Å². The first-order chi connectivity index (χ1) is 7.18. The van der Waals surface area contributed by atoms with E-state index in [9.17, 15) is 4.79 Å². The largest absolute Gasteiger partial charge is 0.392 e. The molecule has 1 rings (SSSR count). The number of ether oxygens (including phenoxy) is 1. The maximum Gasteiger partial charge on any atom is 0.220 e. The minimum atomic E-state index is -0.472. The summed E-state index contributed by atoms with van der Waals surface area (Å²) in [5.41, 5.74) is 0. The minimum Gasteiger partial charge on any atom is -0.392 e. The molecule has 1 aliphatic heterocycles. The molecule has 1 heterocycles. The quantitative estimate of drug-likeness (QED) is 0.714. The molecule has 1 aliphatic rings. The van der Waals surface area contributed by atoms with Crippen molar-refractivity contribution >= 4 is 5.91 Å². The summed E-state index contributed by atoms with van der Waals surface area (Å²) in [6.07, 6.45) is 4.51. The number of carbonyl (C=O) groups excluding carboxylic acids is 1. The van der Waals surface area contributed by atoms with E-state index in [0.717, 1.165) is 25.9 Å². The highest BCUT2D eigenvalue weighted by atomic mass is 16.5. The van der Waals surface area contributed by atoms with E-state index < -0.39 is 6.10 Å². The van der Waals surface area contributed by atoms with Crippen LogP contribution in [-0.2, 0) is 9.53 Å². The summed E-state index contributed by atoms with van der Waals surface area (Å²) < 4.78 is 5.52. The molecular formula is C11H21NO3. The predicted molar refractivity (Wildman–Crippen MR) is 57.5 cm³/mol. The third kappa shape index (κ3) is 5.74. The average Bonchev–Trinajstić information content (AvgIpc) is 2.25. The van der Waals surface area contributed by atoms with Gasteiger partial charge in [-0.1, -0.05) is 0 Å². The van der Waals surface area contributed by atoms with E-state index in [2.05, 4.69) is 5.32 Å². The lowest BCUT2D eigenvalue weighted by atomic mass is 10.0. The SMILES string of the molecule is CC(O)CNC(=O)CCC1CCCCO1. The van der Waals surface area contributed by atoms with Gasteiger partial charge in [0.25, 0.3) is 0 Å². The maximum absolute atomic E-state index is 11.3. The Kier molecular flexibility index (Phi) is 5.65. The second kappa shape index (κ2) is 6.80. The van der Waals surface area contributed by atoms with Crippen LogP contribution >= 0.6 is 0 Å². The average molecular weight is 215 g/mol. The topological polar surface area (TPSA) is 58.6 Å². The van der Waals surface area contributed by atoms with Crippen LogP contribution in [0, 0.1) is 0 Å². The van der Waals surface area contributed by atoms with Crippen LogP contribution in [0.15, 0.2) is 0 Å². The molecule has 2 atom stereocenters. The minimum absolute atomic E-state index is 0.00470. The van der Waals surface area contributed by atoms with Crippen molar-refractivity contribution in [2.75, 3.05) is 13.2 Å². The lowest BCUT2D eigenvalue weighted by molar-refractivity contribution is -0.122. The van der Waals surface area contributed by atoms with E-state index in [1.807, 2.05) is 0 Å². The molecule has 1 saturated heterocycles. The summed E-state index contributed by atoms with van der Waals surface area (Å²) in [6.45, 7) is 2.83. The Morgan fingerprint density at radius 1 is 1.60 bits per heavy atom. The molecule has 88 valence electrons. The van der Waals surface area contributed by atoms with Gasteiger partial charge in [-0.2, -0.15) is 0 Å². The van der Waals surface area contributed by atoms with Gasteiger partial charge in [-0.15, -0.1) is 0 Å². The molecule has 0 radical (unpaired) electrons. The number of hydrogen-bond acceptors (Lipinski definition) is 3. The van der Waals surface area contributed by atoms with Crippen LogP contribution < -0.4 is 5.32 Å². The molecule has 0 aliphatic carbocycles. The van der Waals surface area contributed by atoms with Crippen LogP contribution in [-0.4, -0.2) is 36.4 Å². The van der Waals surface area contributed by atoms with E-state index >= 15 is 0 Å². The second-order valence-electron chi connectivity index (χ2n) is 4.18. The normalized spacial score (nSPS) is 23.5. The van der Waals surface area contributed by atoms with Crippen LogP contribution in [0.1, 0.15) is 39.0 Å². The number of rotatable bonds is 5.